The summed E-state index contributed by atoms with van der Waals surface area (Å²) < 4.78 is 5.84. The maximum atomic E-state index is 12.1. The van der Waals surface area contributed by atoms with Gasteiger partial charge in [-0.3, -0.25) is 4.79 Å². The minimum Gasteiger partial charge on any atom is -0.487 e. The van der Waals surface area contributed by atoms with Crippen molar-refractivity contribution in [3.8, 4) is 5.75 Å². The zero-order valence-electron chi connectivity index (χ0n) is 10.5. The maximum absolute atomic E-state index is 12.1. The molecular weight excluding hydrogens is 216 g/mol. The normalized spacial score (nSPS) is 14.3. The lowest BCUT2D eigenvalue weighted by molar-refractivity contribution is 0.0823. The molecule has 0 spiro atoms. The summed E-state index contributed by atoms with van der Waals surface area (Å²) in [6.45, 7) is 0. The van der Waals surface area contributed by atoms with Crippen molar-refractivity contribution in [3.63, 3.8) is 0 Å². The SMILES string of the molecule is CNc1cccc(C(=O)N(C)C)c1OC1CC1. The first kappa shape index (κ1) is 11.8. The minimum absolute atomic E-state index is 0.0299. The Morgan fingerprint density at radius 1 is 1.41 bits per heavy atom. The van der Waals surface area contributed by atoms with Crippen LogP contribution in [0.5, 0.6) is 5.75 Å². The second-order valence-corrected chi connectivity index (χ2v) is 4.45. The van der Waals surface area contributed by atoms with Gasteiger partial charge in [0.1, 0.15) is 0 Å². The number of para-hydroxylation sites is 1. The van der Waals surface area contributed by atoms with E-state index >= 15 is 0 Å². The first-order chi connectivity index (χ1) is 8.13. The van der Waals surface area contributed by atoms with E-state index in [1.807, 2.05) is 19.2 Å². The van der Waals surface area contributed by atoms with E-state index in [2.05, 4.69) is 5.32 Å². The molecule has 0 aliphatic heterocycles. The zero-order chi connectivity index (χ0) is 12.4. The molecule has 1 aromatic rings. The second kappa shape index (κ2) is 4.65. The molecule has 4 heteroatoms. The van der Waals surface area contributed by atoms with Gasteiger partial charge in [-0.2, -0.15) is 0 Å². The van der Waals surface area contributed by atoms with Crippen molar-refractivity contribution in [3.05, 3.63) is 23.8 Å². The third kappa shape index (κ3) is 2.52. The van der Waals surface area contributed by atoms with Gasteiger partial charge in [0.25, 0.3) is 5.91 Å². The Morgan fingerprint density at radius 2 is 2.12 bits per heavy atom. The van der Waals surface area contributed by atoms with E-state index in [9.17, 15) is 4.79 Å². The highest BCUT2D eigenvalue weighted by molar-refractivity contribution is 5.98. The highest BCUT2D eigenvalue weighted by atomic mass is 16.5. The number of amides is 1. The van der Waals surface area contributed by atoms with Crippen LogP contribution in [0, 0.1) is 0 Å². The minimum atomic E-state index is -0.0299. The summed E-state index contributed by atoms with van der Waals surface area (Å²) in [5, 5.41) is 3.07. The molecule has 0 bridgehead atoms. The molecule has 1 fully saturated rings. The van der Waals surface area contributed by atoms with Crippen LogP contribution in [0.3, 0.4) is 0 Å². The van der Waals surface area contributed by atoms with Gasteiger partial charge in [0.2, 0.25) is 0 Å². The largest absolute Gasteiger partial charge is 0.487 e. The van der Waals surface area contributed by atoms with Crippen molar-refractivity contribution >= 4 is 11.6 Å². The summed E-state index contributed by atoms with van der Waals surface area (Å²) in [7, 11) is 5.32. The lowest BCUT2D eigenvalue weighted by atomic mass is 10.1. The number of hydrogen-bond acceptors (Lipinski definition) is 3. The molecule has 0 unspecified atom stereocenters. The second-order valence-electron chi connectivity index (χ2n) is 4.45. The van der Waals surface area contributed by atoms with Crippen molar-refractivity contribution in [1.82, 2.24) is 4.90 Å². The topological polar surface area (TPSA) is 41.6 Å². The number of carbonyl (C=O) groups excluding carboxylic acids is 1. The lowest BCUT2D eigenvalue weighted by Crippen LogP contribution is -2.23. The first-order valence-corrected chi connectivity index (χ1v) is 5.82. The van der Waals surface area contributed by atoms with Crippen molar-refractivity contribution in [2.75, 3.05) is 26.5 Å². The number of anilines is 1. The van der Waals surface area contributed by atoms with Crippen molar-refractivity contribution < 1.29 is 9.53 Å². The smallest absolute Gasteiger partial charge is 0.257 e. The number of ether oxygens (including phenoxy) is 1. The fourth-order valence-electron chi connectivity index (χ4n) is 1.62. The van der Waals surface area contributed by atoms with Crippen LogP contribution in [-0.2, 0) is 0 Å². The quantitative estimate of drug-likeness (QED) is 0.866. The summed E-state index contributed by atoms with van der Waals surface area (Å²) in [5.74, 6) is 0.647. The van der Waals surface area contributed by atoms with E-state index in [4.69, 9.17) is 4.74 Å². The molecule has 1 aliphatic carbocycles. The van der Waals surface area contributed by atoms with Crippen LogP contribution in [0.1, 0.15) is 23.2 Å². The van der Waals surface area contributed by atoms with Gasteiger partial charge in [-0.25, -0.2) is 0 Å². The summed E-state index contributed by atoms with van der Waals surface area (Å²) in [4.78, 5) is 13.6. The lowest BCUT2D eigenvalue weighted by Gasteiger charge is -2.17. The Bertz CT molecular complexity index is 425. The maximum Gasteiger partial charge on any atom is 0.257 e. The van der Waals surface area contributed by atoms with Crippen LogP contribution in [0.2, 0.25) is 0 Å². The number of carbonyl (C=O) groups is 1. The predicted molar refractivity (Wildman–Crippen MR) is 67.7 cm³/mol. The average molecular weight is 234 g/mol. The van der Waals surface area contributed by atoms with Gasteiger partial charge in [-0.15, -0.1) is 0 Å². The Balaban J connectivity index is 2.37. The molecule has 0 aromatic heterocycles. The molecule has 0 heterocycles. The van der Waals surface area contributed by atoms with Crippen molar-refractivity contribution in [2.24, 2.45) is 0 Å². The Labute approximate surface area is 102 Å². The highest BCUT2D eigenvalue weighted by Gasteiger charge is 2.27. The molecule has 1 saturated carbocycles. The van der Waals surface area contributed by atoms with Crippen LogP contribution in [0.4, 0.5) is 5.69 Å². The Hall–Kier alpha value is -1.71. The molecule has 0 saturated heterocycles. The fraction of sp³-hybridized carbons (Fsp3) is 0.462. The van der Waals surface area contributed by atoms with E-state index in [0.29, 0.717) is 11.3 Å². The molecule has 4 nitrogen and oxygen atoms in total. The molecule has 17 heavy (non-hydrogen) atoms. The van der Waals surface area contributed by atoms with Crippen LogP contribution >= 0.6 is 0 Å². The van der Waals surface area contributed by atoms with E-state index in [1.165, 1.54) is 0 Å². The molecule has 2 rings (SSSR count). The summed E-state index contributed by atoms with van der Waals surface area (Å²) in [6.07, 6.45) is 2.43. The Morgan fingerprint density at radius 3 is 2.65 bits per heavy atom. The molecule has 1 amide bonds. The molecule has 0 radical (unpaired) electrons. The van der Waals surface area contributed by atoms with Gasteiger partial charge in [0, 0.05) is 21.1 Å². The van der Waals surface area contributed by atoms with Gasteiger partial charge in [-0.1, -0.05) is 6.07 Å². The predicted octanol–water partition coefficient (Wildman–Crippen LogP) is 1.97. The molecule has 0 atom stereocenters. The van der Waals surface area contributed by atoms with Crippen LogP contribution in [-0.4, -0.2) is 38.1 Å². The van der Waals surface area contributed by atoms with Crippen LogP contribution in [0.15, 0.2) is 18.2 Å². The molecule has 1 aliphatic rings. The monoisotopic (exact) mass is 234 g/mol. The van der Waals surface area contributed by atoms with E-state index in [-0.39, 0.29) is 12.0 Å². The van der Waals surface area contributed by atoms with E-state index < -0.39 is 0 Å². The number of rotatable bonds is 4. The van der Waals surface area contributed by atoms with Crippen LogP contribution in [0.25, 0.3) is 0 Å². The van der Waals surface area contributed by atoms with E-state index in [1.54, 1.807) is 25.1 Å². The third-order valence-corrected chi connectivity index (χ3v) is 2.73. The summed E-state index contributed by atoms with van der Waals surface area (Å²) in [5.41, 5.74) is 1.48. The van der Waals surface area contributed by atoms with E-state index in [0.717, 1.165) is 18.5 Å². The summed E-state index contributed by atoms with van der Waals surface area (Å²) in [6, 6.07) is 5.59. The molecule has 92 valence electrons. The average Bonchev–Trinajstić information content (AvgIpc) is 3.12. The third-order valence-electron chi connectivity index (χ3n) is 2.73. The van der Waals surface area contributed by atoms with Gasteiger partial charge in [-0.05, 0) is 25.0 Å². The van der Waals surface area contributed by atoms with Gasteiger partial charge >= 0.3 is 0 Å². The molecule has 1 aromatic carbocycles. The molecule has 1 N–H and O–H groups in total. The first-order valence-electron chi connectivity index (χ1n) is 5.82. The van der Waals surface area contributed by atoms with Gasteiger partial charge < -0.3 is 15.0 Å². The van der Waals surface area contributed by atoms with Gasteiger partial charge in [0.05, 0.1) is 17.4 Å². The highest BCUT2D eigenvalue weighted by Crippen LogP contribution is 2.35. The van der Waals surface area contributed by atoms with Crippen molar-refractivity contribution in [1.29, 1.82) is 0 Å². The molecular formula is C13H18N2O2. The number of hydrogen-bond donors (Lipinski definition) is 1. The number of nitrogens with zero attached hydrogens (tertiary/aromatic N) is 1. The van der Waals surface area contributed by atoms with Crippen molar-refractivity contribution in [2.45, 2.75) is 18.9 Å². The Kier molecular flexibility index (Phi) is 3.22. The number of benzene rings is 1. The zero-order valence-corrected chi connectivity index (χ0v) is 10.5. The fourth-order valence-corrected chi connectivity index (χ4v) is 1.62. The van der Waals surface area contributed by atoms with Crippen LogP contribution < -0.4 is 10.1 Å². The summed E-state index contributed by atoms with van der Waals surface area (Å²) >= 11 is 0. The number of nitrogens with one attached hydrogen (secondary N) is 1. The standard InChI is InChI=1S/C13H18N2O2/c1-14-11-6-4-5-10(13(16)15(2)3)12(11)17-9-7-8-9/h4-6,9,14H,7-8H2,1-3H3. The van der Waals surface area contributed by atoms with Gasteiger partial charge in [0.15, 0.2) is 5.75 Å².